The van der Waals surface area contributed by atoms with Crippen molar-refractivity contribution in [2.45, 2.75) is 38.2 Å². The van der Waals surface area contributed by atoms with Crippen LogP contribution in [0.5, 0.6) is 5.75 Å². The fourth-order valence-corrected chi connectivity index (χ4v) is 3.30. The molecular weight excluding hydrogens is 354 g/mol. The molecule has 2 heterocycles. The van der Waals surface area contributed by atoms with E-state index < -0.39 is 0 Å². The molecule has 6 nitrogen and oxygen atoms in total. The molecule has 0 bridgehead atoms. The van der Waals surface area contributed by atoms with E-state index in [1.54, 1.807) is 13.4 Å². The summed E-state index contributed by atoms with van der Waals surface area (Å²) in [5.74, 6) is 2.70. The van der Waals surface area contributed by atoms with E-state index in [1.165, 1.54) is 12.0 Å². The molecule has 1 atom stereocenters. The Morgan fingerprint density at radius 3 is 2.71 bits per heavy atom. The van der Waals surface area contributed by atoms with Crippen molar-refractivity contribution in [2.24, 2.45) is 4.99 Å². The van der Waals surface area contributed by atoms with Crippen molar-refractivity contribution in [3.63, 3.8) is 0 Å². The lowest BCUT2D eigenvalue weighted by atomic mass is 10.1. The van der Waals surface area contributed by atoms with Gasteiger partial charge >= 0.3 is 0 Å². The van der Waals surface area contributed by atoms with Gasteiger partial charge in [-0.2, -0.15) is 0 Å². The molecule has 1 aromatic heterocycles. The molecule has 28 heavy (non-hydrogen) atoms. The highest BCUT2D eigenvalue weighted by atomic mass is 16.5. The summed E-state index contributed by atoms with van der Waals surface area (Å²) in [6.45, 7) is 3.07. The highest BCUT2D eigenvalue weighted by Crippen LogP contribution is 2.17. The predicted molar refractivity (Wildman–Crippen MR) is 111 cm³/mol. The first kappa shape index (κ1) is 20.3. The van der Waals surface area contributed by atoms with Crippen LogP contribution in [0.1, 0.15) is 30.6 Å². The molecular formula is C22H31N3O3. The predicted octanol–water partition coefficient (Wildman–Crippen LogP) is 3.18. The van der Waals surface area contributed by atoms with Crippen LogP contribution in [0.25, 0.3) is 0 Å². The summed E-state index contributed by atoms with van der Waals surface area (Å²) in [6.07, 6.45) is 7.09. The molecule has 1 aliphatic heterocycles. The van der Waals surface area contributed by atoms with E-state index in [9.17, 15) is 0 Å². The first-order valence-corrected chi connectivity index (χ1v) is 10.1. The van der Waals surface area contributed by atoms with E-state index >= 15 is 0 Å². The smallest absolute Gasteiger partial charge is 0.191 e. The molecule has 3 rings (SSSR count). The first-order chi connectivity index (χ1) is 13.8. The molecule has 2 N–H and O–H groups in total. The second kappa shape index (κ2) is 11.4. The minimum Gasteiger partial charge on any atom is -0.496 e. The number of methoxy groups -OCH3 is 1. The first-order valence-electron chi connectivity index (χ1n) is 10.1. The quantitative estimate of drug-likeness (QED) is 0.513. The fourth-order valence-electron chi connectivity index (χ4n) is 3.30. The van der Waals surface area contributed by atoms with Crippen molar-refractivity contribution in [3.05, 3.63) is 54.0 Å². The zero-order chi connectivity index (χ0) is 19.4. The Morgan fingerprint density at radius 2 is 1.96 bits per heavy atom. The Hall–Kier alpha value is -2.47. The van der Waals surface area contributed by atoms with Gasteiger partial charge in [0.1, 0.15) is 11.5 Å². The Kier molecular flexibility index (Phi) is 8.25. The summed E-state index contributed by atoms with van der Waals surface area (Å²) in [4.78, 5) is 4.75. The largest absolute Gasteiger partial charge is 0.496 e. The van der Waals surface area contributed by atoms with Gasteiger partial charge in [-0.05, 0) is 49.4 Å². The lowest BCUT2D eigenvalue weighted by molar-refractivity contribution is 0.0224. The molecule has 1 saturated heterocycles. The molecule has 0 aliphatic carbocycles. The molecule has 1 unspecified atom stereocenters. The Morgan fingerprint density at radius 1 is 1.11 bits per heavy atom. The molecule has 1 aliphatic rings. The van der Waals surface area contributed by atoms with Crippen molar-refractivity contribution < 1.29 is 13.9 Å². The van der Waals surface area contributed by atoms with E-state index in [0.717, 1.165) is 62.8 Å². The third kappa shape index (κ3) is 6.60. The standard InChI is InChI=1S/C22H31N3O3/c1-26-21-10-3-2-7-18(21)11-13-23-22(24-14-12-19-9-6-16-27-19)25-17-20-8-4-5-15-28-20/h2-3,6-7,9-10,16,20H,4-5,8,11-15,17H2,1H3,(H2,23,24,25). The van der Waals surface area contributed by atoms with Gasteiger partial charge in [0, 0.05) is 26.1 Å². The van der Waals surface area contributed by atoms with Crippen molar-refractivity contribution in [1.82, 2.24) is 10.6 Å². The third-order valence-electron chi connectivity index (χ3n) is 4.85. The van der Waals surface area contributed by atoms with E-state index in [2.05, 4.69) is 16.7 Å². The van der Waals surface area contributed by atoms with Gasteiger partial charge in [0.05, 0.1) is 26.0 Å². The molecule has 2 aromatic rings. The summed E-state index contributed by atoms with van der Waals surface area (Å²) >= 11 is 0. The summed E-state index contributed by atoms with van der Waals surface area (Å²) in [5.41, 5.74) is 1.18. The number of benzene rings is 1. The van der Waals surface area contributed by atoms with Crippen LogP contribution < -0.4 is 15.4 Å². The number of ether oxygens (including phenoxy) is 2. The number of furan rings is 1. The molecule has 0 spiro atoms. The SMILES string of the molecule is COc1ccccc1CCNC(=NCC1CCCCO1)NCCc1ccco1. The van der Waals surface area contributed by atoms with Crippen LogP contribution in [-0.4, -0.2) is 45.4 Å². The second-order valence-electron chi connectivity index (χ2n) is 6.92. The summed E-state index contributed by atoms with van der Waals surface area (Å²) < 4.78 is 16.6. The number of rotatable bonds is 9. The van der Waals surface area contributed by atoms with Gasteiger partial charge in [0.2, 0.25) is 0 Å². The highest BCUT2D eigenvalue weighted by Gasteiger charge is 2.13. The van der Waals surface area contributed by atoms with E-state index in [-0.39, 0.29) is 6.10 Å². The lowest BCUT2D eigenvalue weighted by Crippen LogP contribution is -2.40. The van der Waals surface area contributed by atoms with Gasteiger partial charge in [-0.3, -0.25) is 4.99 Å². The molecule has 0 saturated carbocycles. The highest BCUT2D eigenvalue weighted by molar-refractivity contribution is 5.79. The maximum absolute atomic E-state index is 5.80. The minimum absolute atomic E-state index is 0.228. The van der Waals surface area contributed by atoms with E-state index in [1.807, 2.05) is 30.3 Å². The maximum atomic E-state index is 5.80. The zero-order valence-corrected chi connectivity index (χ0v) is 16.7. The van der Waals surface area contributed by atoms with Gasteiger partial charge in [-0.25, -0.2) is 0 Å². The molecule has 1 aromatic carbocycles. The van der Waals surface area contributed by atoms with Crippen molar-refractivity contribution in [2.75, 3.05) is 33.4 Å². The molecule has 0 radical (unpaired) electrons. The van der Waals surface area contributed by atoms with Gasteiger partial charge < -0.3 is 24.5 Å². The average molecular weight is 386 g/mol. The topological polar surface area (TPSA) is 68.0 Å². The van der Waals surface area contributed by atoms with Crippen molar-refractivity contribution in [1.29, 1.82) is 0 Å². The fraction of sp³-hybridized carbons (Fsp3) is 0.500. The van der Waals surface area contributed by atoms with Crippen LogP contribution >= 0.6 is 0 Å². The summed E-state index contributed by atoms with van der Waals surface area (Å²) in [6, 6.07) is 12.0. The van der Waals surface area contributed by atoms with Gasteiger partial charge in [-0.1, -0.05) is 18.2 Å². The third-order valence-corrected chi connectivity index (χ3v) is 4.85. The zero-order valence-electron chi connectivity index (χ0n) is 16.7. The number of hydrogen-bond acceptors (Lipinski definition) is 4. The van der Waals surface area contributed by atoms with Crippen LogP contribution in [0.3, 0.4) is 0 Å². The molecule has 6 heteroatoms. The maximum Gasteiger partial charge on any atom is 0.191 e. The van der Waals surface area contributed by atoms with Crippen LogP contribution in [0.15, 0.2) is 52.1 Å². The van der Waals surface area contributed by atoms with E-state index in [4.69, 9.17) is 18.9 Å². The van der Waals surface area contributed by atoms with Crippen molar-refractivity contribution in [3.8, 4) is 5.75 Å². The lowest BCUT2D eigenvalue weighted by Gasteiger charge is -2.21. The Bertz CT molecular complexity index is 710. The van der Waals surface area contributed by atoms with Crippen LogP contribution in [0.2, 0.25) is 0 Å². The Balaban J connectivity index is 1.51. The molecule has 152 valence electrons. The minimum atomic E-state index is 0.228. The summed E-state index contributed by atoms with van der Waals surface area (Å²) in [7, 11) is 1.71. The number of para-hydroxylation sites is 1. The monoisotopic (exact) mass is 385 g/mol. The van der Waals surface area contributed by atoms with Crippen LogP contribution in [0, 0.1) is 0 Å². The number of hydrogen-bond donors (Lipinski definition) is 2. The van der Waals surface area contributed by atoms with Crippen LogP contribution in [-0.2, 0) is 17.6 Å². The average Bonchev–Trinajstić information content (AvgIpc) is 3.26. The summed E-state index contributed by atoms with van der Waals surface area (Å²) in [5, 5.41) is 6.84. The van der Waals surface area contributed by atoms with Gasteiger partial charge in [-0.15, -0.1) is 0 Å². The van der Waals surface area contributed by atoms with Gasteiger partial charge in [0.15, 0.2) is 5.96 Å². The van der Waals surface area contributed by atoms with E-state index in [0.29, 0.717) is 6.54 Å². The number of aliphatic imine (C=N–C) groups is 1. The molecule has 1 fully saturated rings. The van der Waals surface area contributed by atoms with Crippen LogP contribution in [0.4, 0.5) is 0 Å². The van der Waals surface area contributed by atoms with Gasteiger partial charge in [0.25, 0.3) is 0 Å². The number of nitrogens with one attached hydrogen (secondary N) is 2. The normalized spacial score (nSPS) is 17.3. The van der Waals surface area contributed by atoms with Crippen molar-refractivity contribution >= 4 is 5.96 Å². The second-order valence-corrected chi connectivity index (χ2v) is 6.92. The Labute approximate surface area is 167 Å². The number of guanidine groups is 1. The number of nitrogens with zero attached hydrogens (tertiary/aromatic N) is 1. The molecule has 0 amide bonds.